The molecule has 0 N–H and O–H groups in total. The molecule has 4 rings (SSSR count). The van der Waals surface area contributed by atoms with Crippen molar-refractivity contribution in [2.75, 3.05) is 0 Å². The molecular formula is C26H16ClF10NO2. The van der Waals surface area contributed by atoms with Crippen molar-refractivity contribution in [3.63, 3.8) is 0 Å². The Morgan fingerprint density at radius 2 is 1.38 bits per heavy atom. The third-order valence-corrected chi connectivity index (χ3v) is 6.62. The zero-order chi connectivity index (χ0) is 29.8. The van der Waals surface area contributed by atoms with E-state index in [2.05, 4.69) is 0 Å². The van der Waals surface area contributed by atoms with Crippen LogP contribution >= 0.6 is 11.6 Å². The zero-order valence-corrected chi connectivity index (χ0v) is 20.7. The van der Waals surface area contributed by atoms with Gasteiger partial charge in [0.25, 0.3) is 0 Å². The Kier molecular flexibility index (Phi) is 7.50. The van der Waals surface area contributed by atoms with Crippen LogP contribution in [-0.2, 0) is 29.8 Å². The SMILES string of the molecule is C[C@H]1[C@@H](c2cc(C(F)(F)F)cc(C(F)(F)F)c2)OC(=O)N1Cc1cc(C(F)(F)F)ccc1-c1ccc(F)c(Cl)c1. The van der Waals surface area contributed by atoms with E-state index in [1.54, 1.807) is 0 Å². The molecule has 0 spiro atoms. The monoisotopic (exact) mass is 599 g/mol. The van der Waals surface area contributed by atoms with Crippen LogP contribution in [0.5, 0.6) is 0 Å². The van der Waals surface area contributed by atoms with Crippen LogP contribution in [0.1, 0.15) is 40.8 Å². The molecule has 1 aliphatic rings. The van der Waals surface area contributed by atoms with E-state index in [0.717, 1.165) is 35.2 Å². The van der Waals surface area contributed by atoms with Crippen molar-refractivity contribution in [2.24, 2.45) is 0 Å². The molecule has 0 aliphatic carbocycles. The maximum atomic E-state index is 13.7. The summed E-state index contributed by atoms with van der Waals surface area (Å²) in [6.45, 7) is 0.695. The van der Waals surface area contributed by atoms with Crippen molar-refractivity contribution in [1.29, 1.82) is 0 Å². The topological polar surface area (TPSA) is 29.5 Å². The number of hydrogen-bond acceptors (Lipinski definition) is 2. The van der Waals surface area contributed by atoms with Crippen LogP contribution in [-0.4, -0.2) is 17.0 Å². The van der Waals surface area contributed by atoms with Gasteiger partial charge in [0.15, 0.2) is 0 Å². The third-order valence-electron chi connectivity index (χ3n) is 6.33. The second-order valence-corrected chi connectivity index (χ2v) is 9.42. The van der Waals surface area contributed by atoms with Crippen molar-refractivity contribution >= 4 is 17.7 Å². The maximum absolute atomic E-state index is 13.7. The lowest BCUT2D eigenvalue weighted by Crippen LogP contribution is -2.32. The summed E-state index contributed by atoms with van der Waals surface area (Å²) in [5.74, 6) is -0.794. The molecule has 3 aromatic carbocycles. The summed E-state index contributed by atoms with van der Waals surface area (Å²) in [5.41, 5.74) is -4.72. The van der Waals surface area contributed by atoms with E-state index in [9.17, 15) is 48.7 Å². The molecule has 1 fully saturated rings. The van der Waals surface area contributed by atoms with E-state index in [1.165, 1.54) is 13.0 Å². The van der Waals surface area contributed by atoms with Crippen molar-refractivity contribution in [2.45, 2.75) is 44.1 Å². The largest absolute Gasteiger partial charge is 0.439 e. The van der Waals surface area contributed by atoms with Crippen LogP contribution in [0.2, 0.25) is 5.02 Å². The van der Waals surface area contributed by atoms with Gasteiger partial charge in [0.2, 0.25) is 0 Å². The summed E-state index contributed by atoms with van der Waals surface area (Å²) >= 11 is 5.81. The summed E-state index contributed by atoms with van der Waals surface area (Å²) < 4.78 is 139. The number of alkyl halides is 9. The minimum absolute atomic E-state index is 0.0779. The van der Waals surface area contributed by atoms with E-state index in [-0.39, 0.29) is 27.8 Å². The van der Waals surface area contributed by atoms with Gasteiger partial charge < -0.3 is 4.74 Å². The second kappa shape index (κ2) is 10.2. The lowest BCUT2D eigenvalue weighted by atomic mass is 9.95. The Morgan fingerprint density at radius 3 is 1.90 bits per heavy atom. The standard InChI is InChI=1S/C26H16ClF10NO2/c1-12-22(14-6-17(25(32,33)34)10-18(7-14)26(35,36)37)40-23(39)38(12)11-15-8-16(24(29,30)31)3-4-19(15)13-2-5-21(28)20(27)9-13/h2-10,12,22H,11H2,1H3/t12-,22-/m0/s1. The minimum atomic E-state index is -5.15. The highest BCUT2D eigenvalue weighted by atomic mass is 35.5. The normalized spacial score (nSPS) is 18.3. The number of benzene rings is 3. The Labute approximate surface area is 224 Å². The molecule has 2 atom stereocenters. The summed E-state index contributed by atoms with van der Waals surface area (Å²) in [6, 6.07) is 5.50. The first-order valence-electron chi connectivity index (χ1n) is 11.3. The lowest BCUT2D eigenvalue weighted by molar-refractivity contribution is -0.143. The number of carbonyl (C=O) groups excluding carboxylic acids is 1. The first-order valence-corrected chi connectivity index (χ1v) is 11.7. The van der Waals surface area contributed by atoms with Crippen molar-refractivity contribution in [3.8, 4) is 11.1 Å². The number of halogens is 11. The Bertz CT molecular complexity index is 1420. The highest BCUT2D eigenvalue weighted by molar-refractivity contribution is 6.31. The molecule has 1 saturated heterocycles. The van der Waals surface area contributed by atoms with E-state index < -0.39 is 71.4 Å². The van der Waals surface area contributed by atoms with Gasteiger partial charge in [-0.3, -0.25) is 4.90 Å². The highest BCUT2D eigenvalue weighted by Crippen LogP contribution is 2.42. The summed E-state index contributed by atoms with van der Waals surface area (Å²) in [6.07, 6.45) is -17.9. The van der Waals surface area contributed by atoms with Gasteiger partial charge in [-0.1, -0.05) is 23.7 Å². The van der Waals surface area contributed by atoms with Crippen LogP contribution in [0.25, 0.3) is 11.1 Å². The molecule has 40 heavy (non-hydrogen) atoms. The predicted molar refractivity (Wildman–Crippen MR) is 123 cm³/mol. The molecule has 0 radical (unpaired) electrons. The lowest BCUT2D eigenvalue weighted by Gasteiger charge is -2.24. The van der Waals surface area contributed by atoms with Gasteiger partial charge in [0.05, 0.1) is 34.3 Å². The summed E-state index contributed by atoms with van der Waals surface area (Å²) in [4.78, 5) is 13.6. The Balaban J connectivity index is 1.75. The average Bonchev–Trinajstić information content (AvgIpc) is 3.12. The van der Waals surface area contributed by atoms with Crippen molar-refractivity contribution in [3.05, 3.63) is 93.3 Å². The molecular weight excluding hydrogens is 584 g/mol. The molecule has 1 aliphatic heterocycles. The van der Waals surface area contributed by atoms with Gasteiger partial charge in [-0.15, -0.1) is 0 Å². The first kappa shape index (κ1) is 29.5. The maximum Gasteiger partial charge on any atom is 0.416 e. The van der Waals surface area contributed by atoms with Gasteiger partial charge in [-0.25, -0.2) is 9.18 Å². The third kappa shape index (κ3) is 5.98. The molecule has 214 valence electrons. The second-order valence-electron chi connectivity index (χ2n) is 9.01. The quantitative estimate of drug-likeness (QED) is 0.280. The number of nitrogens with zero attached hydrogens (tertiary/aromatic N) is 1. The molecule has 1 heterocycles. The van der Waals surface area contributed by atoms with Gasteiger partial charge in [-0.2, -0.15) is 39.5 Å². The van der Waals surface area contributed by atoms with E-state index in [4.69, 9.17) is 16.3 Å². The van der Waals surface area contributed by atoms with Crippen LogP contribution in [0.15, 0.2) is 54.6 Å². The first-order chi connectivity index (χ1) is 18.4. The molecule has 14 heteroatoms. The number of ether oxygens (including phenoxy) is 1. The van der Waals surface area contributed by atoms with Crippen LogP contribution in [0.4, 0.5) is 48.7 Å². The van der Waals surface area contributed by atoms with Crippen LogP contribution < -0.4 is 0 Å². The molecule has 3 aromatic rings. The Hall–Kier alpha value is -3.48. The molecule has 0 bridgehead atoms. The zero-order valence-electron chi connectivity index (χ0n) is 20.0. The fourth-order valence-corrected chi connectivity index (χ4v) is 4.51. The molecule has 3 nitrogen and oxygen atoms in total. The van der Waals surface area contributed by atoms with Crippen molar-refractivity contribution < 1.29 is 53.4 Å². The predicted octanol–water partition coefficient (Wildman–Crippen LogP) is 9.28. The van der Waals surface area contributed by atoms with Gasteiger partial charge in [0, 0.05) is 0 Å². The van der Waals surface area contributed by atoms with E-state index >= 15 is 0 Å². The van der Waals surface area contributed by atoms with Crippen LogP contribution in [0.3, 0.4) is 0 Å². The van der Waals surface area contributed by atoms with Gasteiger partial charge >= 0.3 is 24.6 Å². The Morgan fingerprint density at radius 1 is 0.800 bits per heavy atom. The molecule has 0 aromatic heterocycles. The van der Waals surface area contributed by atoms with Gasteiger partial charge in [-0.05, 0) is 71.6 Å². The summed E-state index contributed by atoms with van der Waals surface area (Å²) in [7, 11) is 0. The smallest absolute Gasteiger partial charge is 0.416 e. The molecule has 0 unspecified atom stereocenters. The fourth-order valence-electron chi connectivity index (χ4n) is 4.33. The number of carbonyl (C=O) groups is 1. The minimum Gasteiger partial charge on any atom is -0.439 e. The number of rotatable bonds is 4. The number of hydrogen-bond donors (Lipinski definition) is 0. The molecule has 0 saturated carbocycles. The van der Waals surface area contributed by atoms with E-state index in [1.807, 2.05) is 0 Å². The average molecular weight is 600 g/mol. The number of cyclic esters (lactones) is 1. The van der Waals surface area contributed by atoms with Gasteiger partial charge in [0.1, 0.15) is 11.9 Å². The fraction of sp³-hybridized carbons (Fsp3) is 0.269. The van der Waals surface area contributed by atoms with Crippen molar-refractivity contribution in [1.82, 2.24) is 4.90 Å². The molecule has 1 amide bonds. The highest BCUT2D eigenvalue weighted by Gasteiger charge is 2.43. The number of amides is 1. The van der Waals surface area contributed by atoms with Crippen LogP contribution in [0, 0.1) is 5.82 Å². The summed E-state index contributed by atoms with van der Waals surface area (Å²) in [5, 5.41) is -0.331. The van der Waals surface area contributed by atoms with E-state index in [0.29, 0.717) is 12.1 Å².